The molecule has 116 valence electrons. The van der Waals surface area contributed by atoms with Gasteiger partial charge in [-0.15, -0.1) is 0 Å². The molecule has 2 rings (SSSR count). The second kappa shape index (κ2) is 6.31. The van der Waals surface area contributed by atoms with E-state index in [1.54, 1.807) is 6.07 Å². The highest BCUT2D eigenvalue weighted by Crippen LogP contribution is 2.32. The van der Waals surface area contributed by atoms with Crippen molar-refractivity contribution in [3.05, 3.63) is 18.2 Å². The standard InChI is InChI=1S/C13H19N3O4S/c1-2-3-10(13(14)15)16-21(17,18)9-4-5-11-12(8-9)20-7-6-19-11/h4-5,8,10,16H,2-3,6-7H2,1H3,(H3,14,15). The Balaban J connectivity index is 2.24. The Morgan fingerprint density at radius 2 is 2.05 bits per heavy atom. The van der Waals surface area contributed by atoms with Crippen LogP contribution in [0.1, 0.15) is 19.8 Å². The zero-order chi connectivity index (χ0) is 15.5. The van der Waals surface area contributed by atoms with Crippen molar-refractivity contribution in [3.8, 4) is 11.5 Å². The lowest BCUT2D eigenvalue weighted by atomic mass is 10.2. The number of hydrogen-bond acceptors (Lipinski definition) is 5. The van der Waals surface area contributed by atoms with Gasteiger partial charge in [-0.2, -0.15) is 0 Å². The van der Waals surface area contributed by atoms with Crippen LogP contribution in [-0.2, 0) is 10.0 Å². The molecular weight excluding hydrogens is 294 g/mol. The topological polar surface area (TPSA) is 115 Å². The summed E-state index contributed by atoms with van der Waals surface area (Å²) >= 11 is 0. The van der Waals surface area contributed by atoms with Crippen LogP contribution in [0.5, 0.6) is 11.5 Å². The smallest absolute Gasteiger partial charge is 0.241 e. The van der Waals surface area contributed by atoms with Gasteiger partial charge in [0.1, 0.15) is 19.0 Å². The maximum Gasteiger partial charge on any atom is 0.241 e. The summed E-state index contributed by atoms with van der Waals surface area (Å²) in [7, 11) is -3.77. The highest BCUT2D eigenvalue weighted by Gasteiger charge is 2.23. The maximum atomic E-state index is 12.3. The van der Waals surface area contributed by atoms with E-state index in [-0.39, 0.29) is 10.7 Å². The number of sulfonamides is 1. The molecule has 0 fully saturated rings. The Morgan fingerprint density at radius 1 is 1.38 bits per heavy atom. The van der Waals surface area contributed by atoms with E-state index in [2.05, 4.69) is 4.72 Å². The Bertz CT molecular complexity index is 630. The van der Waals surface area contributed by atoms with Gasteiger partial charge < -0.3 is 15.2 Å². The van der Waals surface area contributed by atoms with Crippen molar-refractivity contribution < 1.29 is 17.9 Å². The summed E-state index contributed by atoms with van der Waals surface area (Å²) < 4.78 is 37.9. The molecule has 0 bridgehead atoms. The van der Waals surface area contributed by atoms with E-state index in [0.29, 0.717) is 37.6 Å². The van der Waals surface area contributed by atoms with E-state index in [4.69, 9.17) is 20.6 Å². The van der Waals surface area contributed by atoms with Gasteiger partial charge in [0.2, 0.25) is 10.0 Å². The largest absolute Gasteiger partial charge is 0.486 e. The van der Waals surface area contributed by atoms with Crippen molar-refractivity contribution in [1.29, 1.82) is 5.41 Å². The lowest BCUT2D eigenvalue weighted by Crippen LogP contribution is -2.43. The van der Waals surface area contributed by atoms with Gasteiger partial charge in [-0.25, -0.2) is 13.1 Å². The molecule has 8 heteroatoms. The van der Waals surface area contributed by atoms with E-state index in [0.717, 1.165) is 0 Å². The van der Waals surface area contributed by atoms with E-state index in [9.17, 15) is 8.42 Å². The molecule has 0 aliphatic carbocycles. The molecular formula is C13H19N3O4S. The van der Waals surface area contributed by atoms with Gasteiger partial charge in [-0.05, 0) is 18.6 Å². The fraction of sp³-hybridized carbons (Fsp3) is 0.462. The average molecular weight is 313 g/mol. The first kappa shape index (κ1) is 15.6. The van der Waals surface area contributed by atoms with E-state index < -0.39 is 16.1 Å². The minimum Gasteiger partial charge on any atom is -0.486 e. The summed E-state index contributed by atoms with van der Waals surface area (Å²) in [6, 6.07) is 3.72. The molecule has 1 aromatic carbocycles. The van der Waals surface area contributed by atoms with Gasteiger partial charge in [0, 0.05) is 6.07 Å². The van der Waals surface area contributed by atoms with E-state index in [1.807, 2.05) is 6.92 Å². The second-order valence-electron chi connectivity index (χ2n) is 4.72. The zero-order valence-corrected chi connectivity index (χ0v) is 12.6. The minimum atomic E-state index is -3.77. The van der Waals surface area contributed by atoms with Gasteiger partial charge >= 0.3 is 0 Å². The molecule has 0 amide bonds. The molecule has 4 N–H and O–H groups in total. The first-order valence-electron chi connectivity index (χ1n) is 6.70. The van der Waals surface area contributed by atoms with Crippen molar-refractivity contribution >= 4 is 15.9 Å². The van der Waals surface area contributed by atoms with Crippen molar-refractivity contribution in [1.82, 2.24) is 4.72 Å². The van der Waals surface area contributed by atoms with Crippen LogP contribution in [0.2, 0.25) is 0 Å². The Morgan fingerprint density at radius 3 is 2.67 bits per heavy atom. The van der Waals surface area contributed by atoms with Crippen molar-refractivity contribution in [2.45, 2.75) is 30.7 Å². The average Bonchev–Trinajstić information content (AvgIpc) is 2.46. The maximum absolute atomic E-state index is 12.3. The molecule has 1 atom stereocenters. The number of rotatable bonds is 6. The van der Waals surface area contributed by atoms with Crippen LogP contribution >= 0.6 is 0 Å². The summed E-state index contributed by atoms with van der Waals surface area (Å²) in [5.74, 6) is 0.730. The first-order chi connectivity index (χ1) is 9.94. The highest BCUT2D eigenvalue weighted by molar-refractivity contribution is 7.89. The predicted molar refractivity (Wildman–Crippen MR) is 78.4 cm³/mol. The number of amidine groups is 1. The number of ether oxygens (including phenoxy) is 2. The van der Waals surface area contributed by atoms with Crippen LogP contribution < -0.4 is 19.9 Å². The fourth-order valence-electron chi connectivity index (χ4n) is 2.01. The molecule has 0 radical (unpaired) electrons. The third-order valence-corrected chi connectivity index (χ3v) is 4.54. The summed E-state index contributed by atoms with van der Waals surface area (Å²) in [6.45, 7) is 2.73. The monoisotopic (exact) mass is 313 g/mol. The van der Waals surface area contributed by atoms with Crippen LogP contribution in [0.15, 0.2) is 23.1 Å². The van der Waals surface area contributed by atoms with Crippen molar-refractivity contribution in [3.63, 3.8) is 0 Å². The molecule has 1 aliphatic rings. The highest BCUT2D eigenvalue weighted by atomic mass is 32.2. The molecule has 7 nitrogen and oxygen atoms in total. The molecule has 1 heterocycles. The van der Waals surface area contributed by atoms with Crippen LogP contribution in [0, 0.1) is 5.41 Å². The van der Waals surface area contributed by atoms with Crippen LogP contribution in [-0.4, -0.2) is 33.5 Å². The molecule has 0 saturated heterocycles. The summed E-state index contributed by atoms with van der Waals surface area (Å²) in [6.07, 6.45) is 1.19. The number of benzene rings is 1. The van der Waals surface area contributed by atoms with Gasteiger partial charge in [-0.1, -0.05) is 13.3 Å². The zero-order valence-electron chi connectivity index (χ0n) is 11.8. The Labute approximate surface area is 124 Å². The van der Waals surface area contributed by atoms with Gasteiger partial charge in [0.15, 0.2) is 11.5 Å². The lowest BCUT2D eigenvalue weighted by molar-refractivity contribution is 0.171. The first-order valence-corrected chi connectivity index (χ1v) is 8.18. The molecule has 1 aliphatic heterocycles. The third-order valence-electron chi connectivity index (χ3n) is 3.07. The minimum absolute atomic E-state index is 0.0640. The summed E-state index contributed by atoms with van der Waals surface area (Å²) in [5, 5.41) is 7.46. The van der Waals surface area contributed by atoms with Gasteiger partial charge in [0.05, 0.1) is 10.9 Å². The number of hydrogen-bond donors (Lipinski definition) is 3. The van der Waals surface area contributed by atoms with Crippen molar-refractivity contribution in [2.75, 3.05) is 13.2 Å². The third kappa shape index (κ3) is 3.64. The quantitative estimate of drug-likeness (QED) is 0.532. The van der Waals surface area contributed by atoms with Gasteiger partial charge in [-0.3, -0.25) is 5.41 Å². The number of nitrogens with one attached hydrogen (secondary N) is 2. The van der Waals surface area contributed by atoms with Crippen LogP contribution in [0.4, 0.5) is 0 Å². The summed E-state index contributed by atoms with van der Waals surface area (Å²) in [5.41, 5.74) is 5.43. The normalized spacial score (nSPS) is 15.5. The second-order valence-corrected chi connectivity index (χ2v) is 6.44. The van der Waals surface area contributed by atoms with Crippen LogP contribution in [0.3, 0.4) is 0 Å². The molecule has 0 spiro atoms. The fourth-order valence-corrected chi connectivity index (χ4v) is 3.28. The Kier molecular flexibility index (Phi) is 4.69. The predicted octanol–water partition coefficient (Wildman–Crippen LogP) is 0.841. The molecule has 1 unspecified atom stereocenters. The Hall–Kier alpha value is -1.80. The van der Waals surface area contributed by atoms with E-state index >= 15 is 0 Å². The SMILES string of the molecule is CCCC(NS(=O)(=O)c1ccc2c(c1)OCCO2)C(=N)N. The molecule has 1 aromatic rings. The van der Waals surface area contributed by atoms with Crippen LogP contribution in [0.25, 0.3) is 0 Å². The van der Waals surface area contributed by atoms with E-state index in [1.165, 1.54) is 12.1 Å². The van der Waals surface area contributed by atoms with Gasteiger partial charge in [0.25, 0.3) is 0 Å². The van der Waals surface area contributed by atoms with Crippen molar-refractivity contribution in [2.24, 2.45) is 5.73 Å². The summed E-state index contributed by atoms with van der Waals surface area (Å²) in [4.78, 5) is 0.0640. The molecule has 21 heavy (non-hydrogen) atoms. The number of fused-ring (bicyclic) bond motifs is 1. The molecule has 0 saturated carbocycles. The molecule has 0 aromatic heterocycles. The lowest BCUT2D eigenvalue weighted by Gasteiger charge is -2.20. The number of nitrogens with two attached hydrogens (primary N) is 1.